The van der Waals surface area contributed by atoms with Gasteiger partial charge in [-0.15, -0.1) is 0 Å². The van der Waals surface area contributed by atoms with Crippen LogP contribution in [0.3, 0.4) is 0 Å². The molecule has 2 N–H and O–H groups in total. The van der Waals surface area contributed by atoms with E-state index in [-0.39, 0.29) is 17.7 Å². The Hall–Kier alpha value is -4.24. The Kier molecular flexibility index (Phi) is 7.30. The number of aryl methyl sites for hydroxylation is 1. The third-order valence-electron chi connectivity index (χ3n) is 5.57. The van der Waals surface area contributed by atoms with Crippen molar-refractivity contribution < 1.29 is 29.0 Å². The van der Waals surface area contributed by atoms with E-state index in [1.807, 2.05) is 19.1 Å². The third-order valence-corrected chi connectivity index (χ3v) is 6.06. The van der Waals surface area contributed by atoms with Crippen LogP contribution in [0.5, 0.6) is 5.75 Å². The largest absolute Gasteiger partial charge is 0.488 e. The van der Waals surface area contributed by atoms with Crippen LogP contribution in [0.25, 0.3) is 6.08 Å². The highest BCUT2D eigenvalue weighted by atomic mass is 79.9. The van der Waals surface area contributed by atoms with E-state index in [0.29, 0.717) is 21.5 Å². The lowest BCUT2D eigenvalue weighted by molar-refractivity contribution is -0.122. The van der Waals surface area contributed by atoms with Crippen molar-refractivity contribution in [3.63, 3.8) is 0 Å². The molecular weight excluding hydrogens is 528 g/mol. The number of halogens is 1. The van der Waals surface area contributed by atoms with Gasteiger partial charge in [-0.05, 0) is 66.1 Å². The normalized spacial score (nSPS) is 14.7. The van der Waals surface area contributed by atoms with Crippen molar-refractivity contribution in [3.8, 4) is 5.75 Å². The number of imide groups is 2. The van der Waals surface area contributed by atoms with Gasteiger partial charge in [-0.2, -0.15) is 0 Å². The first-order valence-electron chi connectivity index (χ1n) is 11.0. The maximum Gasteiger partial charge on any atom is 0.335 e. The second-order valence-electron chi connectivity index (χ2n) is 7.95. The summed E-state index contributed by atoms with van der Waals surface area (Å²) in [6, 6.07) is 17.5. The summed E-state index contributed by atoms with van der Waals surface area (Å²) >= 11 is 3.39. The molecule has 0 saturated carbocycles. The lowest BCUT2D eigenvalue weighted by atomic mass is 10.1. The number of carboxylic acids is 1. The number of carboxylic acid groups (broad SMARTS) is 1. The average molecular weight is 549 g/mol. The molecule has 9 heteroatoms. The topological polar surface area (TPSA) is 113 Å². The van der Waals surface area contributed by atoms with Gasteiger partial charge in [0.05, 0.1) is 11.3 Å². The standard InChI is InChI=1S/C27H21BrN2O6/c1-2-16-5-10-21(11-6-16)30-25(32)22(24(31)29-27(30)35)14-19-13-20(28)9-12-23(19)36-15-17-3-7-18(8-4-17)26(33)34/h3-14H,2,15H2,1H3,(H,33,34)(H,29,31,35)/b22-14-. The maximum absolute atomic E-state index is 13.2. The predicted molar refractivity (Wildman–Crippen MR) is 137 cm³/mol. The first kappa shape index (κ1) is 24.9. The number of anilines is 1. The smallest absolute Gasteiger partial charge is 0.335 e. The minimum atomic E-state index is -1.02. The van der Waals surface area contributed by atoms with Crippen LogP contribution in [-0.4, -0.2) is 28.9 Å². The van der Waals surface area contributed by atoms with Gasteiger partial charge in [-0.3, -0.25) is 14.9 Å². The summed E-state index contributed by atoms with van der Waals surface area (Å²) in [5, 5.41) is 11.3. The van der Waals surface area contributed by atoms with E-state index >= 15 is 0 Å². The van der Waals surface area contributed by atoms with Gasteiger partial charge in [-0.25, -0.2) is 14.5 Å². The highest BCUT2D eigenvalue weighted by Gasteiger charge is 2.37. The Morgan fingerprint density at radius 2 is 1.67 bits per heavy atom. The Morgan fingerprint density at radius 1 is 1.00 bits per heavy atom. The van der Waals surface area contributed by atoms with E-state index in [4.69, 9.17) is 9.84 Å². The van der Waals surface area contributed by atoms with E-state index in [2.05, 4.69) is 21.2 Å². The molecule has 1 heterocycles. The monoisotopic (exact) mass is 548 g/mol. The molecule has 4 amide bonds. The molecule has 0 radical (unpaired) electrons. The summed E-state index contributed by atoms with van der Waals surface area (Å²) in [7, 11) is 0. The Labute approximate surface area is 215 Å². The van der Waals surface area contributed by atoms with E-state index in [1.165, 1.54) is 18.2 Å². The van der Waals surface area contributed by atoms with E-state index in [1.54, 1.807) is 42.5 Å². The summed E-state index contributed by atoms with van der Waals surface area (Å²) in [5.74, 6) is -2.18. The number of nitrogens with one attached hydrogen (secondary N) is 1. The molecule has 4 rings (SSSR count). The zero-order chi connectivity index (χ0) is 25.8. The lowest BCUT2D eigenvalue weighted by Gasteiger charge is -2.26. The molecule has 0 spiro atoms. The van der Waals surface area contributed by atoms with Gasteiger partial charge >= 0.3 is 12.0 Å². The molecule has 0 aliphatic carbocycles. The molecule has 1 fully saturated rings. The summed E-state index contributed by atoms with van der Waals surface area (Å²) < 4.78 is 6.61. The number of amides is 4. The number of ether oxygens (including phenoxy) is 1. The van der Waals surface area contributed by atoms with Crippen molar-refractivity contribution in [1.82, 2.24) is 5.32 Å². The Bertz CT molecular complexity index is 1380. The second-order valence-corrected chi connectivity index (χ2v) is 8.87. The fraction of sp³-hybridized carbons (Fsp3) is 0.111. The lowest BCUT2D eigenvalue weighted by Crippen LogP contribution is -2.54. The molecule has 1 aliphatic heterocycles. The molecule has 3 aromatic carbocycles. The molecule has 182 valence electrons. The van der Waals surface area contributed by atoms with E-state index < -0.39 is 23.8 Å². The molecule has 36 heavy (non-hydrogen) atoms. The number of nitrogens with zero attached hydrogens (tertiary/aromatic N) is 1. The number of hydrogen-bond donors (Lipinski definition) is 2. The molecule has 0 aromatic heterocycles. The average Bonchev–Trinajstić information content (AvgIpc) is 2.86. The van der Waals surface area contributed by atoms with E-state index in [9.17, 15) is 19.2 Å². The Morgan fingerprint density at radius 3 is 2.31 bits per heavy atom. The van der Waals surface area contributed by atoms with Crippen LogP contribution >= 0.6 is 15.9 Å². The van der Waals surface area contributed by atoms with E-state index in [0.717, 1.165) is 22.4 Å². The van der Waals surface area contributed by atoms with Crippen LogP contribution in [-0.2, 0) is 22.6 Å². The van der Waals surface area contributed by atoms with Gasteiger partial charge in [0.25, 0.3) is 11.8 Å². The van der Waals surface area contributed by atoms with Crippen molar-refractivity contribution >= 4 is 51.5 Å². The van der Waals surface area contributed by atoms with Gasteiger partial charge in [0.2, 0.25) is 0 Å². The first-order valence-corrected chi connectivity index (χ1v) is 11.8. The number of carbonyl (C=O) groups excluding carboxylic acids is 3. The fourth-order valence-corrected chi connectivity index (χ4v) is 3.98. The van der Waals surface area contributed by atoms with Gasteiger partial charge in [-0.1, -0.05) is 47.1 Å². The van der Waals surface area contributed by atoms with Crippen LogP contribution in [0.4, 0.5) is 10.5 Å². The minimum absolute atomic E-state index is 0.131. The predicted octanol–water partition coefficient (Wildman–Crippen LogP) is 4.96. The molecule has 1 aliphatic rings. The van der Waals surface area contributed by atoms with Crippen LogP contribution < -0.4 is 15.0 Å². The molecule has 8 nitrogen and oxygen atoms in total. The van der Waals surface area contributed by atoms with Gasteiger partial charge in [0, 0.05) is 10.0 Å². The number of barbiturate groups is 1. The SMILES string of the molecule is CCc1ccc(N2C(=O)NC(=O)/C(=C/c3cc(Br)ccc3OCc3ccc(C(=O)O)cc3)C2=O)cc1. The molecule has 1 saturated heterocycles. The zero-order valence-electron chi connectivity index (χ0n) is 19.2. The van der Waals surface area contributed by atoms with Gasteiger partial charge in [0.1, 0.15) is 17.9 Å². The quantitative estimate of drug-likeness (QED) is 0.319. The highest BCUT2D eigenvalue weighted by Crippen LogP contribution is 2.29. The first-order chi connectivity index (χ1) is 17.3. The van der Waals surface area contributed by atoms with Crippen molar-refractivity contribution in [2.45, 2.75) is 20.0 Å². The number of carbonyl (C=O) groups is 4. The molecular formula is C27H21BrN2O6. The number of benzene rings is 3. The van der Waals surface area contributed by atoms with Crippen LogP contribution in [0.15, 0.2) is 76.8 Å². The van der Waals surface area contributed by atoms with Crippen LogP contribution in [0.1, 0.15) is 34.0 Å². The number of aromatic carboxylic acids is 1. The number of rotatable bonds is 7. The summed E-state index contributed by atoms with van der Waals surface area (Å²) in [6.45, 7) is 2.13. The minimum Gasteiger partial charge on any atom is -0.488 e. The van der Waals surface area contributed by atoms with Crippen molar-refractivity contribution in [1.29, 1.82) is 0 Å². The summed E-state index contributed by atoms with van der Waals surface area (Å²) in [5.41, 5.74) is 2.52. The molecule has 0 bridgehead atoms. The van der Waals surface area contributed by atoms with Crippen LogP contribution in [0, 0.1) is 0 Å². The Balaban J connectivity index is 1.62. The fourth-order valence-electron chi connectivity index (χ4n) is 3.60. The zero-order valence-corrected chi connectivity index (χ0v) is 20.7. The second kappa shape index (κ2) is 10.6. The van der Waals surface area contributed by atoms with Gasteiger partial charge < -0.3 is 9.84 Å². The third kappa shape index (κ3) is 5.36. The van der Waals surface area contributed by atoms with Gasteiger partial charge in [0.15, 0.2) is 0 Å². The maximum atomic E-state index is 13.2. The van der Waals surface area contributed by atoms with Crippen molar-refractivity contribution in [3.05, 3.63) is 99.0 Å². The number of hydrogen-bond acceptors (Lipinski definition) is 5. The number of urea groups is 1. The van der Waals surface area contributed by atoms with Crippen molar-refractivity contribution in [2.75, 3.05) is 4.90 Å². The van der Waals surface area contributed by atoms with Crippen LogP contribution in [0.2, 0.25) is 0 Å². The highest BCUT2D eigenvalue weighted by molar-refractivity contribution is 9.10. The summed E-state index contributed by atoms with van der Waals surface area (Å²) in [4.78, 5) is 50.3. The van der Waals surface area contributed by atoms with Crippen molar-refractivity contribution in [2.24, 2.45) is 0 Å². The molecule has 3 aromatic rings. The summed E-state index contributed by atoms with van der Waals surface area (Å²) in [6.07, 6.45) is 2.19. The molecule has 0 atom stereocenters. The molecule has 0 unspecified atom stereocenters.